The van der Waals surface area contributed by atoms with E-state index >= 15 is 0 Å². The Morgan fingerprint density at radius 1 is 1.53 bits per heavy atom. The average molecular weight is 297 g/mol. The van der Waals surface area contributed by atoms with Gasteiger partial charge in [-0.25, -0.2) is 0 Å². The third-order valence-corrected chi connectivity index (χ3v) is 2.97. The quantitative estimate of drug-likeness (QED) is 0.591. The molecule has 0 aromatic heterocycles. The van der Waals surface area contributed by atoms with Gasteiger partial charge in [-0.15, -0.1) is 0 Å². The second-order valence-electron chi connectivity index (χ2n) is 3.65. The maximum Gasteiger partial charge on any atom is 0.294 e. The number of anilines is 1. The molecule has 1 aromatic carbocycles. The Kier molecular flexibility index (Phi) is 2.97. The van der Waals surface area contributed by atoms with Crippen molar-refractivity contribution in [2.24, 2.45) is 0 Å². The summed E-state index contributed by atoms with van der Waals surface area (Å²) >= 11 is 3.22. The minimum absolute atomic E-state index is 0.0612. The zero-order valence-corrected chi connectivity index (χ0v) is 10.6. The van der Waals surface area contributed by atoms with Gasteiger partial charge in [-0.3, -0.25) is 14.9 Å². The number of hydrogen-bond acceptors (Lipinski definition) is 3. The van der Waals surface area contributed by atoms with Gasteiger partial charge in [0.05, 0.1) is 4.92 Å². The fourth-order valence-electron chi connectivity index (χ4n) is 1.83. The summed E-state index contributed by atoms with van der Waals surface area (Å²) in [5.41, 5.74) is 0.981. The van der Waals surface area contributed by atoms with E-state index in [1.807, 2.05) is 0 Å². The van der Waals surface area contributed by atoms with E-state index in [4.69, 9.17) is 0 Å². The van der Waals surface area contributed by atoms with Gasteiger partial charge >= 0.3 is 0 Å². The van der Waals surface area contributed by atoms with Crippen LogP contribution in [0.5, 0.6) is 0 Å². The van der Waals surface area contributed by atoms with Crippen LogP contribution in [-0.2, 0) is 4.79 Å². The van der Waals surface area contributed by atoms with Crippen molar-refractivity contribution in [3.05, 3.63) is 38.4 Å². The average Bonchev–Trinajstić information content (AvgIpc) is 2.26. The van der Waals surface area contributed by atoms with Crippen molar-refractivity contribution in [3.8, 4) is 0 Å². The molecule has 0 saturated carbocycles. The number of benzene rings is 1. The van der Waals surface area contributed by atoms with Gasteiger partial charge in [-0.2, -0.15) is 0 Å². The van der Waals surface area contributed by atoms with Crippen molar-refractivity contribution in [2.45, 2.75) is 6.92 Å². The molecule has 6 heteroatoms. The topological polar surface area (TPSA) is 63.5 Å². The molecule has 0 bridgehead atoms. The van der Waals surface area contributed by atoms with Gasteiger partial charge in [0.2, 0.25) is 5.91 Å². The molecule has 1 amide bonds. The molecule has 2 rings (SSSR count). The van der Waals surface area contributed by atoms with Gasteiger partial charge in [-0.1, -0.05) is 28.1 Å². The zero-order chi connectivity index (χ0) is 12.6. The first-order chi connectivity index (χ1) is 8.00. The van der Waals surface area contributed by atoms with E-state index in [1.165, 1.54) is 17.9 Å². The Hall–Kier alpha value is -1.69. The number of amides is 1. The summed E-state index contributed by atoms with van der Waals surface area (Å²) in [6, 6.07) is 3.17. The summed E-state index contributed by atoms with van der Waals surface area (Å²) in [4.78, 5) is 23.4. The lowest BCUT2D eigenvalue weighted by Gasteiger charge is -2.24. The third-order valence-electron chi connectivity index (χ3n) is 2.52. The number of nitrogens with zero attached hydrogens (tertiary/aromatic N) is 2. The maximum absolute atomic E-state index is 11.5. The van der Waals surface area contributed by atoms with E-state index < -0.39 is 4.92 Å². The fraction of sp³-hybridized carbons (Fsp3) is 0.182. The molecule has 1 aliphatic rings. The molecule has 88 valence electrons. The minimum Gasteiger partial charge on any atom is -0.302 e. The minimum atomic E-state index is -0.474. The van der Waals surface area contributed by atoms with Crippen LogP contribution in [0.1, 0.15) is 12.5 Å². The summed E-state index contributed by atoms with van der Waals surface area (Å²) in [5, 5.41) is 11.0. The smallest absolute Gasteiger partial charge is 0.294 e. The molecule has 0 saturated heterocycles. The highest BCUT2D eigenvalue weighted by molar-refractivity contribution is 9.10. The normalized spacial score (nSPS) is 13.4. The molecule has 1 aliphatic heterocycles. The van der Waals surface area contributed by atoms with Crippen LogP contribution in [0.15, 0.2) is 22.7 Å². The van der Waals surface area contributed by atoms with E-state index in [1.54, 1.807) is 18.2 Å². The Labute approximate surface area is 106 Å². The van der Waals surface area contributed by atoms with Gasteiger partial charge in [0, 0.05) is 29.6 Å². The van der Waals surface area contributed by atoms with E-state index in [2.05, 4.69) is 15.9 Å². The Morgan fingerprint density at radius 3 is 2.82 bits per heavy atom. The Morgan fingerprint density at radius 2 is 2.24 bits per heavy atom. The highest BCUT2D eigenvalue weighted by Gasteiger charge is 2.27. The van der Waals surface area contributed by atoms with Crippen LogP contribution in [0.25, 0.3) is 6.08 Å². The van der Waals surface area contributed by atoms with Crippen LogP contribution < -0.4 is 4.90 Å². The first-order valence-electron chi connectivity index (χ1n) is 4.93. The monoisotopic (exact) mass is 296 g/mol. The molecule has 0 spiro atoms. The number of fused-ring (bicyclic) bond motifs is 1. The van der Waals surface area contributed by atoms with Crippen molar-refractivity contribution in [1.82, 2.24) is 0 Å². The van der Waals surface area contributed by atoms with E-state index in [0.717, 1.165) is 0 Å². The Bertz CT molecular complexity index is 540. The molecule has 5 nitrogen and oxygen atoms in total. The Balaban J connectivity index is 2.70. The number of carbonyl (C=O) groups excluding carboxylic acids is 1. The van der Waals surface area contributed by atoms with Crippen molar-refractivity contribution in [2.75, 3.05) is 11.4 Å². The van der Waals surface area contributed by atoms with Gasteiger partial charge in [0.25, 0.3) is 5.69 Å². The predicted octanol–water partition coefficient (Wildman–Crippen LogP) is 2.74. The zero-order valence-electron chi connectivity index (χ0n) is 9.01. The molecule has 0 fully saturated rings. The number of rotatable bonds is 1. The van der Waals surface area contributed by atoms with E-state index in [9.17, 15) is 14.9 Å². The van der Waals surface area contributed by atoms with E-state index in [0.29, 0.717) is 22.3 Å². The predicted molar refractivity (Wildman–Crippen MR) is 67.9 cm³/mol. The number of hydrogen-bond donors (Lipinski definition) is 0. The summed E-state index contributed by atoms with van der Waals surface area (Å²) < 4.78 is 0.623. The van der Waals surface area contributed by atoms with Crippen LogP contribution in [0.2, 0.25) is 0 Å². The highest BCUT2D eigenvalue weighted by atomic mass is 79.9. The third kappa shape index (κ3) is 2.08. The molecule has 0 N–H and O–H groups in total. The number of halogens is 1. The first kappa shape index (κ1) is 11.8. The lowest BCUT2D eigenvalue weighted by molar-refractivity contribution is -0.384. The summed E-state index contributed by atoms with van der Waals surface area (Å²) in [6.45, 7) is 1.76. The second kappa shape index (κ2) is 4.29. The van der Waals surface area contributed by atoms with Crippen LogP contribution in [0, 0.1) is 10.1 Å². The molecule has 0 unspecified atom stereocenters. The molecule has 0 radical (unpaired) electrons. The molecule has 0 atom stereocenters. The molecular formula is C11H9BrN2O3. The molecular weight excluding hydrogens is 288 g/mol. The number of nitro benzene ring substituents is 1. The summed E-state index contributed by atoms with van der Waals surface area (Å²) in [7, 11) is 0. The summed E-state index contributed by atoms with van der Waals surface area (Å²) in [6.07, 6.45) is 3.59. The molecule has 17 heavy (non-hydrogen) atoms. The second-order valence-corrected chi connectivity index (χ2v) is 4.57. The maximum atomic E-state index is 11.5. The number of nitro groups is 1. The van der Waals surface area contributed by atoms with Gasteiger partial charge in [-0.05, 0) is 6.07 Å². The first-order valence-corrected chi connectivity index (χ1v) is 5.72. The fourth-order valence-corrected chi connectivity index (χ4v) is 2.29. The van der Waals surface area contributed by atoms with Crippen LogP contribution in [0.4, 0.5) is 11.4 Å². The van der Waals surface area contributed by atoms with Crippen molar-refractivity contribution < 1.29 is 9.72 Å². The molecule has 0 aliphatic carbocycles. The largest absolute Gasteiger partial charge is 0.302 e. The summed E-state index contributed by atoms with van der Waals surface area (Å²) in [5.74, 6) is -0.207. The lowest BCUT2D eigenvalue weighted by Crippen LogP contribution is -2.31. The lowest BCUT2D eigenvalue weighted by atomic mass is 10.1. The number of carbonyl (C=O) groups is 1. The van der Waals surface area contributed by atoms with Crippen LogP contribution >= 0.6 is 15.9 Å². The van der Waals surface area contributed by atoms with Gasteiger partial charge in [0.1, 0.15) is 5.69 Å². The van der Waals surface area contributed by atoms with Crippen LogP contribution in [-0.4, -0.2) is 17.4 Å². The van der Waals surface area contributed by atoms with Crippen molar-refractivity contribution in [1.29, 1.82) is 0 Å². The van der Waals surface area contributed by atoms with Crippen LogP contribution in [0.3, 0.4) is 0 Å². The molecule has 1 heterocycles. The standard InChI is InChI=1S/C11H9BrN2O3/c1-7(15)13-4-2-3-8-5-9(12)6-10(11(8)13)14(16)17/h2-3,5-6H,4H2,1H3. The SMILES string of the molecule is CC(=O)N1CC=Cc2cc(Br)cc([N+](=O)[O-])c21. The van der Waals surface area contributed by atoms with Crippen molar-refractivity contribution in [3.63, 3.8) is 0 Å². The van der Waals surface area contributed by atoms with Gasteiger partial charge in [0.15, 0.2) is 0 Å². The highest BCUT2D eigenvalue weighted by Crippen LogP contribution is 2.38. The van der Waals surface area contributed by atoms with Gasteiger partial charge < -0.3 is 4.90 Å². The van der Waals surface area contributed by atoms with E-state index in [-0.39, 0.29) is 11.6 Å². The van der Waals surface area contributed by atoms with Crippen molar-refractivity contribution >= 4 is 39.3 Å². The molecule has 1 aromatic rings.